The summed E-state index contributed by atoms with van der Waals surface area (Å²) in [5, 5.41) is 3.37. The first-order valence-electron chi connectivity index (χ1n) is 6.22. The van der Waals surface area contributed by atoms with Gasteiger partial charge in [-0.2, -0.15) is 11.8 Å². The number of rotatable bonds is 0. The van der Waals surface area contributed by atoms with Crippen molar-refractivity contribution in [2.45, 2.75) is 38.3 Å². The fourth-order valence-electron chi connectivity index (χ4n) is 2.42. The fraction of sp³-hybridized carbons (Fsp3) is 0.917. The molecule has 2 heterocycles. The number of thioether (sulfide) groups is 1. The summed E-state index contributed by atoms with van der Waals surface area (Å²) < 4.78 is 5.51. The van der Waals surface area contributed by atoms with Crippen molar-refractivity contribution in [1.82, 2.24) is 10.2 Å². The predicted molar refractivity (Wildman–Crippen MR) is 70.5 cm³/mol. The molecule has 0 saturated carbocycles. The Hall–Kier alpha value is -0.420. The van der Waals surface area contributed by atoms with E-state index >= 15 is 0 Å². The SMILES string of the molecule is CC(C)(C)OC(=O)N1CCSCC12CCNC2. The third-order valence-electron chi connectivity index (χ3n) is 3.24. The van der Waals surface area contributed by atoms with E-state index in [0.29, 0.717) is 0 Å². The van der Waals surface area contributed by atoms with Crippen molar-refractivity contribution in [3.05, 3.63) is 0 Å². The summed E-state index contributed by atoms with van der Waals surface area (Å²) >= 11 is 1.94. The molecule has 0 aliphatic carbocycles. The van der Waals surface area contributed by atoms with Crippen LogP contribution in [0.5, 0.6) is 0 Å². The molecule has 1 unspecified atom stereocenters. The minimum Gasteiger partial charge on any atom is -0.444 e. The lowest BCUT2D eigenvalue weighted by atomic mass is 9.99. The van der Waals surface area contributed by atoms with Gasteiger partial charge in [0, 0.05) is 24.6 Å². The van der Waals surface area contributed by atoms with Crippen LogP contribution in [0.2, 0.25) is 0 Å². The summed E-state index contributed by atoms with van der Waals surface area (Å²) in [5.74, 6) is 2.04. The van der Waals surface area contributed by atoms with Crippen molar-refractivity contribution in [2.24, 2.45) is 0 Å². The topological polar surface area (TPSA) is 41.6 Å². The van der Waals surface area contributed by atoms with Crippen molar-refractivity contribution < 1.29 is 9.53 Å². The highest BCUT2D eigenvalue weighted by atomic mass is 32.2. The maximum atomic E-state index is 12.2. The lowest BCUT2D eigenvalue weighted by molar-refractivity contribution is 0.00492. The molecule has 0 aromatic rings. The molecule has 1 amide bonds. The number of hydrogen-bond acceptors (Lipinski definition) is 4. The van der Waals surface area contributed by atoms with E-state index in [0.717, 1.165) is 37.6 Å². The zero-order valence-corrected chi connectivity index (χ0v) is 11.7. The molecule has 2 aliphatic heterocycles. The number of carbonyl (C=O) groups is 1. The average Bonchev–Trinajstić information content (AvgIpc) is 2.65. The predicted octanol–water partition coefficient (Wildman–Crippen LogP) is 1.70. The summed E-state index contributed by atoms with van der Waals surface area (Å²) in [6.07, 6.45) is 0.890. The lowest BCUT2D eigenvalue weighted by Gasteiger charge is -2.44. The van der Waals surface area contributed by atoms with Gasteiger partial charge in [-0.05, 0) is 33.7 Å². The summed E-state index contributed by atoms with van der Waals surface area (Å²) in [6, 6.07) is 0. The highest BCUT2D eigenvalue weighted by molar-refractivity contribution is 7.99. The Bertz CT molecular complexity index is 295. The first kappa shape index (κ1) is 13.0. The number of nitrogens with one attached hydrogen (secondary N) is 1. The van der Waals surface area contributed by atoms with E-state index in [1.165, 1.54) is 0 Å². The van der Waals surface area contributed by atoms with Crippen LogP contribution >= 0.6 is 11.8 Å². The Kier molecular flexibility index (Phi) is 3.59. The molecule has 17 heavy (non-hydrogen) atoms. The lowest BCUT2D eigenvalue weighted by Crippen LogP contribution is -2.59. The highest BCUT2D eigenvalue weighted by Gasteiger charge is 2.45. The van der Waals surface area contributed by atoms with E-state index in [1.807, 2.05) is 37.4 Å². The molecule has 0 radical (unpaired) electrons. The smallest absolute Gasteiger partial charge is 0.410 e. The molecule has 2 rings (SSSR count). The molecule has 1 spiro atoms. The van der Waals surface area contributed by atoms with Crippen molar-refractivity contribution >= 4 is 17.9 Å². The molecule has 5 heteroatoms. The molecule has 2 aliphatic rings. The average molecular weight is 258 g/mol. The van der Waals surface area contributed by atoms with Crippen LogP contribution in [0.15, 0.2) is 0 Å². The molecule has 1 atom stereocenters. The second-order valence-corrected chi connectivity index (χ2v) is 6.94. The number of carbonyl (C=O) groups excluding carboxylic acids is 1. The zero-order chi connectivity index (χ0) is 12.5. The first-order valence-corrected chi connectivity index (χ1v) is 7.38. The zero-order valence-electron chi connectivity index (χ0n) is 10.9. The monoisotopic (exact) mass is 258 g/mol. The molecule has 98 valence electrons. The van der Waals surface area contributed by atoms with E-state index in [1.54, 1.807) is 0 Å². The van der Waals surface area contributed by atoms with Gasteiger partial charge in [0.1, 0.15) is 5.60 Å². The van der Waals surface area contributed by atoms with Gasteiger partial charge in [0.25, 0.3) is 0 Å². The number of amides is 1. The molecule has 0 aromatic heterocycles. The Labute approximate surface area is 107 Å². The van der Waals surface area contributed by atoms with Crippen LogP contribution in [0.25, 0.3) is 0 Å². The molecular formula is C12H22N2O2S. The van der Waals surface area contributed by atoms with Gasteiger partial charge in [0.2, 0.25) is 0 Å². The number of ether oxygens (including phenoxy) is 1. The molecule has 1 N–H and O–H groups in total. The Morgan fingerprint density at radius 1 is 1.47 bits per heavy atom. The van der Waals surface area contributed by atoms with Crippen LogP contribution in [0, 0.1) is 0 Å². The van der Waals surface area contributed by atoms with Crippen LogP contribution in [0.1, 0.15) is 27.2 Å². The minimum atomic E-state index is -0.408. The van der Waals surface area contributed by atoms with Gasteiger partial charge in [0.05, 0.1) is 5.54 Å². The summed E-state index contributed by atoms with van der Waals surface area (Å²) in [4.78, 5) is 14.2. The summed E-state index contributed by atoms with van der Waals surface area (Å²) in [6.45, 7) is 8.47. The van der Waals surface area contributed by atoms with E-state index in [-0.39, 0.29) is 11.6 Å². The second kappa shape index (κ2) is 4.69. The Morgan fingerprint density at radius 2 is 2.24 bits per heavy atom. The van der Waals surface area contributed by atoms with Gasteiger partial charge < -0.3 is 10.1 Å². The van der Waals surface area contributed by atoms with Crippen LogP contribution in [0.4, 0.5) is 4.79 Å². The maximum Gasteiger partial charge on any atom is 0.410 e. The third kappa shape index (κ3) is 2.88. The minimum absolute atomic E-state index is 0.00868. The molecule has 0 bridgehead atoms. The van der Waals surface area contributed by atoms with Crippen molar-refractivity contribution in [3.63, 3.8) is 0 Å². The van der Waals surface area contributed by atoms with E-state index in [4.69, 9.17) is 4.74 Å². The van der Waals surface area contributed by atoms with Gasteiger partial charge in [-0.1, -0.05) is 0 Å². The molecule has 2 fully saturated rings. The molecule has 2 saturated heterocycles. The normalized spacial score (nSPS) is 29.7. The quantitative estimate of drug-likeness (QED) is 0.718. The summed E-state index contributed by atoms with van der Waals surface area (Å²) in [5.41, 5.74) is -0.417. The maximum absolute atomic E-state index is 12.2. The third-order valence-corrected chi connectivity index (χ3v) is 4.45. The van der Waals surface area contributed by atoms with Crippen molar-refractivity contribution in [2.75, 3.05) is 31.1 Å². The van der Waals surface area contributed by atoms with Crippen LogP contribution < -0.4 is 5.32 Å². The van der Waals surface area contributed by atoms with Crippen molar-refractivity contribution in [3.8, 4) is 0 Å². The van der Waals surface area contributed by atoms with Gasteiger partial charge in [-0.15, -0.1) is 0 Å². The fourth-order valence-corrected chi connectivity index (χ4v) is 3.66. The highest BCUT2D eigenvalue weighted by Crippen LogP contribution is 2.33. The van der Waals surface area contributed by atoms with Crippen LogP contribution in [-0.4, -0.2) is 53.3 Å². The first-order chi connectivity index (χ1) is 7.93. The Morgan fingerprint density at radius 3 is 2.82 bits per heavy atom. The summed E-state index contributed by atoms with van der Waals surface area (Å²) in [7, 11) is 0. The van der Waals surface area contributed by atoms with E-state index in [9.17, 15) is 4.79 Å². The Balaban J connectivity index is 2.08. The van der Waals surface area contributed by atoms with Crippen molar-refractivity contribution in [1.29, 1.82) is 0 Å². The van der Waals surface area contributed by atoms with Gasteiger partial charge in [-0.3, -0.25) is 4.90 Å². The second-order valence-electron chi connectivity index (χ2n) is 5.84. The van der Waals surface area contributed by atoms with Gasteiger partial charge in [-0.25, -0.2) is 4.79 Å². The number of hydrogen-bond donors (Lipinski definition) is 1. The standard InChI is InChI=1S/C12H22N2O2S/c1-11(2,3)16-10(15)14-6-7-17-9-12(14)4-5-13-8-12/h13H,4-9H2,1-3H3. The van der Waals surface area contributed by atoms with Gasteiger partial charge in [0.15, 0.2) is 0 Å². The number of nitrogens with zero attached hydrogens (tertiary/aromatic N) is 1. The molecular weight excluding hydrogens is 236 g/mol. The molecule has 4 nitrogen and oxygen atoms in total. The van der Waals surface area contributed by atoms with E-state index < -0.39 is 5.60 Å². The van der Waals surface area contributed by atoms with E-state index in [2.05, 4.69) is 5.32 Å². The van der Waals surface area contributed by atoms with Crippen LogP contribution in [0.3, 0.4) is 0 Å². The largest absolute Gasteiger partial charge is 0.444 e. The van der Waals surface area contributed by atoms with Crippen LogP contribution in [-0.2, 0) is 4.74 Å². The molecule has 0 aromatic carbocycles. The van der Waals surface area contributed by atoms with Gasteiger partial charge >= 0.3 is 6.09 Å².